The first-order valence-electron chi connectivity index (χ1n) is 5.89. The van der Waals surface area contributed by atoms with Gasteiger partial charge in [-0.05, 0) is 37.6 Å². The molecule has 4 nitrogen and oxygen atoms in total. The van der Waals surface area contributed by atoms with E-state index < -0.39 is 16.0 Å². The van der Waals surface area contributed by atoms with Gasteiger partial charge in [-0.1, -0.05) is 13.8 Å². The zero-order valence-electron chi connectivity index (χ0n) is 11.2. The molecule has 1 aromatic carbocycles. The van der Waals surface area contributed by atoms with Crippen LogP contribution in [0.2, 0.25) is 0 Å². The van der Waals surface area contributed by atoms with Crippen molar-refractivity contribution in [3.05, 3.63) is 23.8 Å². The molecule has 100 valence electrons. The van der Waals surface area contributed by atoms with Crippen molar-refractivity contribution >= 4 is 28.1 Å². The third kappa shape index (κ3) is 3.57. The molecule has 1 aromatic rings. The molecule has 1 amide bonds. The number of amides is 1. The number of hydrogen-bond acceptors (Lipinski definition) is 3. The minimum atomic E-state index is -1.17. The molecule has 2 atom stereocenters. The van der Waals surface area contributed by atoms with Crippen LogP contribution < -0.4 is 11.1 Å². The Morgan fingerprint density at radius 2 is 1.94 bits per heavy atom. The largest absolute Gasteiger partial charge is 0.399 e. The summed E-state index contributed by atoms with van der Waals surface area (Å²) in [5, 5.41) is 2.23. The van der Waals surface area contributed by atoms with E-state index in [1.54, 1.807) is 25.1 Å². The van der Waals surface area contributed by atoms with E-state index in [0.717, 1.165) is 5.56 Å². The van der Waals surface area contributed by atoms with E-state index in [1.165, 1.54) is 0 Å². The number of anilines is 2. The zero-order chi connectivity index (χ0) is 13.9. The number of nitrogens with two attached hydrogens (primary N) is 1. The van der Waals surface area contributed by atoms with Gasteiger partial charge in [0.25, 0.3) is 0 Å². The highest BCUT2D eigenvalue weighted by Crippen LogP contribution is 2.18. The van der Waals surface area contributed by atoms with Crippen LogP contribution in [0.1, 0.15) is 26.3 Å². The minimum Gasteiger partial charge on any atom is -0.399 e. The Bertz CT molecular complexity index is 472. The first-order valence-corrected chi connectivity index (χ1v) is 7.17. The average molecular weight is 268 g/mol. The minimum absolute atomic E-state index is 0.0294. The third-order valence-electron chi connectivity index (χ3n) is 2.69. The molecule has 18 heavy (non-hydrogen) atoms. The van der Waals surface area contributed by atoms with Gasteiger partial charge in [-0.25, -0.2) is 0 Å². The fourth-order valence-corrected chi connectivity index (χ4v) is 2.66. The monoisotopic (exact) mass is 268 g/mol. The first kappa shape index (κ1) is 14.7. The lowest BCUT2D eigenvalue weighted by Crippen LogP contribution is -2.32. The molecule has 0 radical (unpaired) electrons. The summed E-state index contributed by atoms with van der Waals surface area (Å²) in [6.45, 7) is 7.23. The van der Waals surface area contributed by atoms with Gasteiger partial charge in [-0.3, -0.25) is 9.00 Å². The van der Waals surface area contributed by atoms with Crippen LogP contribution in [0.4, 0.5) is 11.4 Å². The lowest BCUT2D eigenvalue weighted by molar-refractivity contribution is -0.115. The van der Waals surface area contributed by atoms with Crippen molar-refractivity contribution in [2.24, 2.45) is 0 Å². The van der Waals surface area contributed by atoms with Gasteiger partial charge in [-0.15, -0.1) is 0 Å². The SMILES string of the molecule is Cc1cc(N)ccc1NC(=O)C(C)S(=O)C(C)C. The van der Waals surface area contributed by atoms with Gasteiger partial charge in [0.05, 0.1) is 0 Å². The molecule has 2 unspecified atom stereocenters. The molecule has 0 aliphatic rings. The second-order valence-corrected chi connectivity index (χ2v) is 6.89. The van der Waals surface area contributed by atoms with Crippen molar-refractivity contribution in [1.82, 2.24) is 0 Å². The number of nitrogens with one attached hydrogen (secondary N) is 1. The van der Waals surface area contributed by atoms with Crippen molar-refractivity contribution in [3.63, 3.8) is 0 Å². The number of hydrogen-bond donors (Lipinski definition) is 2. The highest BCUT2D eigenvalue weighted by atomic mass is 32.2. The predicted octanol–water partition coefficient (Wildman–Crippen LogP) is 2.06. The number of nitrogen functional groups attached to an aromatic ring is 1. The fourth-order valence-electron chi connectivity index (χ4n) is 1.58. The maximum atomic E-state index is 12.0. The van der Waals surface area contributed by atoms with E-state index in [4.69, 9.17) is 5.73 Å². The summed E-state index contributed by atoms with van der Waals surface area (Å²) in [5.41, 5.74) is 7.91. The third-order valence-corrected chi connectivity index (χ3v) is 4.53. The van der Waals surface area contributed by atoms with Crippen LogP contribution in [0.3, 0.4) is 0 Å². The summed E-state index contributed by atoms with van der Waals surface area (Å²) in [7, 11) is -1.17. The second kappa shape index (κ2) is 6.00. The number of benzene rings is 1. The molecule has 1 rings (SSSR count). The Morgan fingerprint density at radius 1 is 1.33 bits per heavy atom. The fraction of sp³-hybridized carbons (Fsp3) is 0.462. The quantitative estimate of drug-likeness (QED) is 0.821. The van der Waals surface area contributed by atoms with E-state index in [0.29, 0.717) is 11.4 Å². The molecule has 0 saturated heterocycles. The van der Waals surface area contributed by atoms with E-state index in [9.17, 15) is 9.00 Å². The van der Waals surface area contributed by atoms with Crippen molar-refractivity contribution in [2.45, 2.75) is 38.2 Å². The van der Waals surface area contributed by atoms with Crippen LogP contribution in [-0.4, -0.2) is 20.6 Å². The maximum Gasteiger partial charge on any atom is 0.239 e. The Kier molecular flexibility index (Phi) is 4.90. The van der Waals surface area contributed by atoms with Gasteiger partial charge in [0, 0.05) is 27.4 Å². The summed E-state index contributed by atoms with van der Waals surface area (Å²) in [6.07, 6.45) is 0. The molecule has 5 heteroatoms. The topological polar surface area (TPSA) is 72.2 Å². The van der Waals surface area contributed by atoms with Crippen molar-refractivity contribution in [1.29, 1.82) is 0 Å². The van der Waals surface area contributed by atoms with Crippen LogP contribution >= 0.6 is 0 Å². The predicted molar refractivity (Wildman–Crippen MR) is 77.0 cm³/mol. The lowest BCUT2D eigenvalue weighted by atomic mass is 10.2. The van der Waals surface area contributed by atoms with E-state index >= 15 is 0 Å². The zero-order valence-corrected chi connectivity index (χ0v) is 12.0. The maximum absolute atomic E-state index is 12.0. The van der Waals surface area contributed by atoms with Gasteiger partial charge in [0.2, 0.25) is 5.91 Å². The van der Waals surface area contributed by atoms with Gasteiger partial charge in [-0.2, -0.15) is 0 Å². The molecule has 0 fully saturated rings. The van der Waals surface area contributed by atoms with E-state index in [1.807, 2.05) is 20.8 Å². The Hall–Kier alpha value is -1.36. The smallest absolute Gasteiger partial charge is 0.239 e. The van der Waals surface area contributed by atoms with Gasteiger partial charge in [0.1, 0.15) is 5.25 Å². The van der Waals surface area contributed by atoms with Gasteiger partial charge >= 0.3 is 0 Å². The van der Waals surface area contributed by atoms with E-state index in [-0.39, 0.29) is 11.2 Å². The number of aryl methyl sites for hydroxylation is 1. The Morgan fingerprint density at radius 3 is 2.44 bits per heavy atom. The van der Waals surface area contributed by atoms with Gasteiger partial charge < -0.3 is 11.1 Å². The highest BCUT2D eigenvalue weighted by Gasteiger charge is 2.22. The Balaban J connectivity index is 2.79. The van der Waals surface area contributed by atoms with Crippen LogP contribution in [0, 0.1) is 6.92 Å². The molecule has 0 bridgehead atoms. The number of carbonyl (C=O) groups excluding carboxylic acids is 1. The van der Waals surface area contributed by atoms with E-state index in [2.05, 4.69) is 5.32 Å². The highest BCUT2D eigenvalue weighted by molar-refractivity contribution is 7.87. The summed E-state index contributed by atoms with van der Waals surface area (Å²) in [6, 6.07) is 5.28. The number of rotatable bonds is 4. The summed E-state index contributed by atoms with van der Waals surface area (Å²) in [4.78, 5) is 12.0. The molecule has 0 aromatic heterocycles. The van der Waals surface area contributed by atoms with Crippen LogP contribution in [0.5, 0.6) is 0 Å². The average Bonchev–Trinajstić information content (AvgIpc) is 2.30. The summed E-state index contributed by atoms with van der Waals surface area (Å²) >= 11 is 0. The lowest BCUT2D eigenvalue weighted by Gasteiger charge is -2.15. The van der Waals surface area contributed by atoms with Crippen molar-refractivity contribution in [2.75, 3.05) is 11.1 Å². The van der Waals surface area contributed by atoms with Gasteiger partial charge in [0.15, 0.2) is 0 Å². The van der Waals surface area contributed by atoms with Crippen LogP contribution in [0.25, 0.3) is 0 Å². The second-order valence-electron chi connectivity index (χ2n) is 4.58. The normalized spacial score (nSPS) is 14.3. The molecule has 0 spiro atoms. The standard InChI is InChI=1S/C13H20N2O2S/c1-8(2)18(17)10(4)13(16)15-12-6-5-11(14)7-9(12)3/h5-8,10H,14H2,1-4H3,(H,15,16). The first-order chi connectivity index (χ1) is 8.32. The molecular weight excluding hydrogens is 248 g/mol. The molecule has 0 heterocycles. The van der Waals surface area contributed by atoms with Crippen LogP contribution in [0.15, 0.2) is 18.2 Å². The van der Waals surface area contributed by atoms with Crippen LogP contribution in [-0.2, 0) is 15.6 Å². The Labute approximate surface area is 110 Å². The van der Waals surface area contributed by atoms with Crippen molar-refractivity contribution in [3.8, 4) is 0 Å². The molecule has 0 saturated carbocycles. The molecule has 3 N–H and O–H groups in total. The molecular formula is C13H20N2O2S. The number of carbonyl (C=O) groups is 1. The summed E-state index contributed by atoms with van der Waals surface area (Å²) < 4.78 is 11.8. The summed E-state index contributed by atoms with van der Waals surface area (Å²) in [5.74, 6) is -0.227. The molecule has 0 aliphatic carbocycles. The van der Waals surface area contributed by atoms with Crippen molar-refractivity contribution < 1.29 is 9.00 Å². The molecule has 0 aliphatic heterocycles.